The van der Waals surface area contributed by atoms with Gasteiger partial charge in [0.05, 0.1) is 18.3 Å². The monoisotopic (exact) mass is 524 g/mol. The summed E-state index contributed by atoms with van der Waals surface area (Å²) in [6.45, 7) is 0.973. The zero-order valence-electron chi connectivity index (χ0n) is 19.4. The minimum atomic E-state index is -4.57. The Morgan fingerprint density at radius 1 is 1.39 bits per heavy atom. The molecule has 0 bridgehead atoms. The van der Waals surface area contributed by atoms with Gasteiger partial charge in [-0.05, 0) is 31.5 Å². The van der Waals surface area contributed by atoms with Crippen LogP contribution in [0.5, 0.6) is 0 Å². The van der Waals surface area contributed by atoms with Gasteiger partial charge in [0.2, 0.25) is 0 Å². The highest BCUT2D eigenvalue weighted by Gasteiger charge is 2.33. The number of thioether (sulfide) groups is 1. The second kappa shape index (κ2) is 10.7. The van der Waals surface area contributed by atoms with E-state index < -0.39 is 17.7 Å². The van der Waals surface area contributed by atoms with E-state index in [2.05, 4.69) is 43.0 Å². The van der Waals surface area contributed by atoms with E-state index in [1.807, 2.05) is 11.9 Å². The Hall–Kier alpha value is -3.44. The largest absolute Gasteiger partial charge is 0.447 e. The number of hydrogen-bond donors (Lipinski definition) is 4. The molecular weight excluding hydrogens is 500 g/mol. The number of fused-ring (bicyclic) bond motifs is 1. The first kappa shape index (κ1) is 25.6. The zero-order valence-corrected chi connectivity index (χ0v) is 20.2. The van der Waals surface area contributed by atoms with Crippen molar-refractivity contribution >= 4 is 34.8 Å². The molecule has 1 aliphatic rings. The maximum atomic E-state index is 14.6. The van der Waals surface area contributed by atoms with E-state index in [1.165, 1.54) is 23.8 Å². The van der Waals surface area contributed by atoms with E-state index in [9.17, 15) is 22.4 Å². The van der Waals surface area contributed by atoms with Crippen molar-refractivity contribution in [3.05, 3.63) is 35.8 Å². The fraction of sp³-hybridized carbons (Fsp3) is 0.409. The van der Waals surface area contributed by atoms with Crippen LogP contribution in [0.2, 0.25) is 0 Å². The number of nitrogens with zero attached hydrogens (tertiary/aromatic N) is 4. The Morgan fingerprint density at radius 3 is 2.92 bits per heavy atom. The molecule has 2 atom stereocenters. The molecule has 0 saturated carbocycles. The van der Waals surface area contributed by atoms with Crippen LogP contribution in [0.15, 0.2) is 29.6 Å². The molecule has 1 amide bonds. The number of anilines is 2. The number of amides is 1. The lowest BCUT2D eigenvalue weighted by atomic mass is 10.0. The predicted octanol–water partition coefficient (Wildman–Crippen LogP) is 2.95. The molecule has 3 aromatic rings. The molecule has 9 nitrogen and oxygen atoms in total. The molecule has 0 spiro atoms. The highest BCUT2D eigenvalue weighted by molar-refractivity contribution is 8.00. The van der Waals surface area contributed by atoms with E-state index in [0.29, 0.717) is 18.7 Å². The number of carbonyl (C=O) groups excluding carboxylic acids is 1. The topological polar surface area (TPSA) is 102 Å². The second-order valence-electron chi connectivity index (χ2n) is 8.13. The first-order valence-corrected chi connectivity index (χ1v) is 11.8. The SMILES string of the molecule is CNC(=O)c1c[nH]nc1NCC#Cc1nc2c(N[C@@H]3CCN(C)C[C@@H]3F)cccn2c1SC(F)(F)F. The zero-order chi connectivity index (χ0) is 25.9. The molecule has 192 valence electrons. The van der Waals surface area contributed by atoms with Gasteiger partial charge in [0, 0.05) is 44.3 Å². The van der Waals surface area contributed by atoms with Crippen LogP contribution in [-0.2, 0) is 0 Å². The maximum Gasteiger partial charge on any atom is 0.447 e. The second-order valence-corrected chi connectivity index (χ2v) is 9.18. The number of piperidine rings is 1. The summed E-state index contributed by atoms with van der Waals surface area (Å²) in [6.07, 6.45) is 2.30. The van der Waals surface area contributed by atoms with Crippen LogP contribution in [0.1, 0.15) is 22.5 Å². The van der Waals surface area contributed by atoms with Gasteiger partial charge in [-0.15, -0.1) is 0 Å². The van der Waals surface area contributed by atoms with Gasteiger partial charge in [-0.25, -0.2) is 9.37 Å². The lowest BCUT2D eigenvalue weighted by molar-refractivity contribution is -0.0330. The molecule has 0 aliphatic carbocycles. The summed E-state index contributed by atoms with van der Waals surface area (Å²) in [5.74, 6) is 5.32. The Labute approximate surface area is 208 Å². The molecule has 4 rings (SSSR count). The van der Waals surface area contributed by atoms with Gasteiger partial charge in [-0.1, -0.05) is 5.92 Å². The predicted molar refractivity (Wildman–Crippen MR) is 129 cm³/mol. The number of aromatic nitrogens is 4. The average molecular weight is 525 g/mol. The van der Waals surface area contributed by atoms with Gasteiger partial charge in [-0.2, -0.15) is 18.3 Å². The highest BCUT2D eigenvalue weighted by atomic mass is 32.2. The summed E-state index contributed by atoms with van der Waals surface area (Å²) >= 11 is -0.317. The summed E-state index contributed by atoms with van der Waals surface area (Å²) < 4.78 is 55.9. The Morgan fingerprint density at radius 2 is 2.19 bits per heavy atom. The summed E-state index contributed by atoms with van der Waals surface area (Å²) in [7, 11) is 3.32. The van der Waals surface area contributed by atoms with Crippen LogP contribution in [0.3, 0.4) is 0 Å². The minimum absolute atomic E-state index is 0.00305. The van der Waals surface area contributed by atoms with Crippen molar-refractivity contribution in [2.45, 2.75) is 29.2 Å². The van der Waals surface area contributed by atoms with Crippen LogP contribution in [0.25, 0.3) is 5.65 Å². The van der Waals surface area contributed by atoms with E-state index in [1.54, 1.807) is 12.1 Å². The van der Waals surface area contributed by atoms with E-state index in [4.69, 9.17) is 0 Å². The van der Waals surface area contributed by atoms with E-state index in [0.717, 1.165) is 0 Å². The van der Waals surface area contributed by atoms with Crippen LogP contribution >= 0.6 is 11.8 Å². The molecule has 14 heteroatoms. The number of nitrogens with one attached hydrogen (secondary N) is 4. The van der Waals surface area contributed by atoms with Gasteiger partial charge in [-0.3, -0.25) is 14.3 Å². The fourth-order valence-corrected chi connectivity index (χ4v) is 4.51. The number of rotatable bonds is 6. The van der Waals surface area contributed by atoms with Gasteiger partial charge >= 0.3 is 5.51 Å². The van der Waals surface area contributed by atoms with E-state index >= 15 is 0 Å². The standard InChI is InChI=1S/C22H24F4N8OS/c1-27-20(35)13-11-29-32-18(13)28-8-3-5-17-21(36-22(24,25)26)34-9-4-6-16(19(34)31-17)30-15-7-10-33(2)12-14(15)23/h4,6,9,11,14-15,30H,7-8,10,12H2,1-2H3,(H,27,35)(H2,28,29,32)/t14-,15+/m0/s1. The lowest BCUT2D eigenvalue weighted by Gasteiger charge is -2.33. The van der Waals surface area contributed by atoms with Crippen molar-refractivity contribution in [1.29, 1.82) is 0 Å². The van der Waals surface area contributed by atoms with Gasteiger partial charge in [0.15, 0.2) is 11.5 Å². The van der Waals surface area contributed by atoms with Crippen molar-refractivity contribution in [3.63, 3.8) is 0 Å². The normalized spacial score (nSPS) is 18.5. The molecule has 0 unspecified atom stereocenters. The third kappa shape index (κ3) is 5.85. The molecule has 1 fully saturated rings. The number of alkyl halides is 4. The molecule has 1 aliphatic heterocycles. The van der Waals surface area contributed by atoms with Crippen LogP contribution < -0.4 is 16.0 Å². The average Bonchev–Trinajstić information content (AvgIpc) is 3.42. The summed E-state index contributed by atoms with van der Waals surface area (Å²) in [6, 6.07) is 2.76. The smallest absolute Gasteiger partial charge is 0.376 e. The molecule has 1 saturated heterocycles. The van der Waals surface area contributed by atoms with Crippen molar-refractivity contribution in [2.75, 3.05) is 44.4 Å². The number of likely N-dealkylation sites (tertiary alicyclic amines) is 1. The van der Waals surface area contributed by atoms with Crippen LogP contribution in [0, 0.1) is 11.8 Å². The first-order chi connectivity index (χ1) is 17.2. The quantitative estimate of drug-likeness (QED) is 0.223. The first-order valence-electron chi connectivity index (χ1n) is 11.0. The number of carbonyl (C=O) groups is 1. The van der Waals surface area contributed by atoms with E-state index in [-0.39, 0.29) is 58.5 Å². The lowest BCUT2D eigenvalue weighted by Crippen LogP contribution is -2.46. The van der Waals surface area contributed by atoms with Crippen molar-refractivity contribution in [1.82, 2.24) is 29.8 Å². The molecule has 0 aromatic carbocycles. The van der Waals surface area contributed by atoms with Gasteiger partial charge in [0.1, 0.15) is 22.5 Å². The minimum Gasteiger partial charge on any atom is -0.376 e. The molecule has 36 heavy (non-hydrogen) atoms. The Kier molecular flexibility index (Phi) is 7.60. The number of aromatic amines is 1. The van der Waals surface area contributed by atoms with Crippen molar-refractivity contribution < 1.29 is 22.4 Å². The number of pyridine rings is 1. The van der Waals surface area contributed by atoms with Gasteiger partial charge in [0.25, 0.3) is 5.91 Å². The third-order valence-electron chi connectivity index (χ3n) is 5.57. The molecule has 0 radical (unpaired) electrons. The van der Waals surface area contributed by atoms with Gasteiger partial charge < -0.3 is 20.9 Å². The molecule has 4 heterocycles. The van der Waals surface area contributed by atoms with Crippen molar-refractivity contribution in [2.24, 2.45) is 0 Å². The van der Waals surface area contributed by atoms with Crippen LogP contribution in [-0.4, -0.2) is 81.8 Å². The summed E-state index contributed by atoms with van der Waals surface area (Å²) in [5, 5.41) is 14.8. The number of imidazole rings is 1. The molecule has 3 aromatic heterocycles. The van der Waals surface area contributed by atoms with Crippen LogP contribution in [0.4, 0.5) is 29.1 Å². The molecule has 4 N–H and O–H groups in total. The molecular formula is C22H24F4N8OS. The summed E-state index contributed by atoms with van der Waals surface area (Å²) in [5.41, 5.74) is -3.71. The maximum absolute atomic E-state index is 14.6. The number of H-pyrrole nitrogens is 1. The Balaban J connectivity index is 1.60. The fourth-order valence-electron chi connectivity index (χ4n) is 3.85. The summed E-state index contributed by atoms with van der Waals surface area (Å²) in [4.78, 5) is 18.1. The van der Waals surface area contributed by atoms with Crippen molar-refractivity contribution in [3.8, 4) is 11.8 Å². The number of hydrogen-bond acceptors (Lipinski definition) is 7. The number of halogens is 4. The third-order valence-corrected chi connectivity index (χ3v) is 6.38. The Bertz CT molecular complexity index is 1290. The highest BCUT2D eigenvalue weighted by Crippen LogP contribution is 2.39.